The first-order chi connectivity index (χ1) is 10.5. The van der Waals surface area contributed by atoms with E-state index in [1.807, 2.05) is 0 Å². The zero-order valence-electron chi connectivity index (χ0n) is 12.6. The largest absolute Gasteiger partial charge is 0.497 e. The monoisotopic (exact) mass is 303 g/mol. The second kappa shape index (κ2) is 6.80. The molecule has 0 unspecified atom stereocenters. The van der Waals surface area contributed by atoms with Gasteiger partial charge < -0.3 is 19.2 Å². The number of methoxy groups -OCH3 is 2. The van der Waals surface area contributed by atoms with E-state index in [9.17, 15) is 9.59 Å². The second-order valence-corrected chi connectivity index (χ2v) is 4.59. The molecule has 0 atom stereocenters. The van der Waals surface area contributed by atoms with Crippen molar-refractivity contribution in [2.75, 3.05) is 14.2 Å². The molecule has 2 rings (SSSR count). The molecule has 1 aromatic heterocycles. The highest BCUT2D eigenvalue weighted by molar-refractivity contribution is 5.94. The molecule has 6 nitrogen and oxygen atoms in total. The Morgan fingerprint density at radius 1 is 1.23 bits per heavy atom. The maximum absolute atomic E-state index is 12.1. The summed E-state index contributed by atoms with van der Waals surface area (Å²) in [5, 5.41) is 2.72. The molecule has 1 N–H and O–H groups in total. The van der Waals surface area contributed by atoms with Gasteiger partial charge in [0.2, 0.25) is 0 Å². The molecule has 0 radical (unpaired) electrons. The molecular formula is C16H17NO5. The minimum atomic E-state index is -0.466. The number of esters is 1. The van der Waals surface area contributed by atoms with Crippen LogP contribution < -0.4 is 10.1 Å². The molecule has 0 aliphatic carbocycles. The lowest BCUT2D eigenvalue weighted by Gasteiger charge is -2.05. The predicted molar refractivity (Wildman–Crippen MR) is 78.9 cm³/mol. The third kappa shape index (κ3) is 3.46. The topological polar surface area (TPSA) is 77.8 Å². The SMILES string of the molecule is COC(=O)c1cc(CNC(=O)c2cccc(OC)c2)oc1C. The summed E-state index contributed by atoms with van der Waals surface area (Å²) >= 11 is 0. The summed E-state index contributed by atoms with van der Waals surface area (Å²) in [5.41, 5.74) is 0.837. The Hall–Kier alpha value is -2.76. The number of amides is 1. The van der Waals surface area contributed by atoms with Crippen LogP contribution in [0.15, 0.2) is 34.7 Å². The lowest BCUT2D eigenvalue weighted by molar-refractivity contribution is 0.0598. The Labute approximate surface area is 128 Å². The fraction of sp³-hybridized carbons (Fsp3) is 0.250. The second-order valence-electron chi connectivity index (χ2n) is 4.59. The molecule has 22 heavy (non-hydrogen) atoms. The first-order valence-corrected chi connectivity index (χ1v) is 6.65. The number of nitrogens with one attached hydrogen (secondary N) is 1. The highest BCUT2D eigenvalue weighted by atomic mass is 16.5. The predicted octanol–water partition coefficient (Wildman–Crippen LogP) is 2.31. The van der Waals surface area contributed by atoms with E-state index in [-0.39, 0.29) is 12.5 Å². The number of aryl methyl sites for hydroxylation is 1. The third-order valence-electron chi connectivity index (χ3n) is 3.13. The number of carbonyl (C=O) groups excluding carboxylic acids is 2. The number of rotatable bonds is 5. The van der Waals surface area contributed by atoms with Crippen LogP contribution in [0, 0.1) is 6.92 Å². The summed E-state index contributed by atoms with van der Waals surface area (Å²) in [6.07, 6.45) is 0. The molecule has 1 heterocycles. The van der Waals surface area contributed by atoms with Gasteiger partial charge in [-0.2, -0.15) is 0 Å². The number of furan rings is 1. The summed E-state index contributed by atoms with van der Waals surface area (Å²) in [5.74, 6) is 0.820. The Kier molecular flexibility index (Phi) is 4.83. The van der Waals surface area contributed by atoms with Gasteiger partial charge in [-0.15, -0.1) is 0 Å². The van der Waals surface area contributed by atoms with Gasteiger partial charge in [0.25, 0.3) is 5.91 Å². The van der Waals surface area contributed by atoms with Gasteiger partial charge >= 0.3 is 5.97 Å². The average molecular weight is 303 g/mol. The van der Waals surface area contributed by atoms with E-state index < -0.39 is 5.97 Å². The third-order valence-corrected chi connectivity index (χ3v) is 3.13. The van der Waals surface area contributed by atoms with Crippen LogP contribution in [0.5, 0.6) is 5.75 Å². The summed E-state index contributed by atoms with van der Waals surface area (Å²) in [7, 11) is 2.84. The lowest BCUT2D eigenvalue weighted by Crippen LogP contribution is -2.22. The molecule has 0 bridgehead atoms. The Bertz CT molecular complexity index is 690. The average Bonchev–Trinajstić information content (AvgIpc) is 2.92. The molecule has 6 heteroatoms. The van der Waals surface area contributed by atoms with Crippen LogP contribution >= 0.6 is 0 Å². The van der Waals surface area contributed by atoms with Crippen molar-refractivity contribution in [1.29, 1.82) is 0 Å². The fourth-order valence-corrected chi connectivity index (χ4v) is 1.98. The minimum absolute atomic E-state index is 0.174. The van der Waals surface area contributed by atoms with Gasteiger partial charge in [-0.1, -0.05) is 6.07 Å². The summed E-state index contributed by atoms with van der Waals surface area (Å²) in [6.45, 7) is 1.84. The van der Waals surface area contributed by atoms with Crippen LogP contribution in [0.25, 0.3) is 0 Å². The summed E-state index contributed by atoms with van der Waals surface area (Å²) < 4.78 is 15.2. The first-order valence-electron chi connectivity index (χ1n) is 6.65. The molecule has 0 saturated carbocycles. The van der Waals surface area contributed by atoms with Crippen LogP contribution in [0.2, 0.25) is 0 Å². The van der Waals surface area contributed by atoms with Crippen molar-refractivity contribution >= 4 is 11.9 Å². The first kappa shape index (κ1) is 15.6. The van der Waals surface area contributed by atoms with Crippen LogP contribution in [-0.2, 0) is 11.3 Å². The molecule has 1 aromatic carbocycles. The van der Waals surface area contributed by atoms with Crippen LogP contribution in [0.4, 0.5) is 0 Å². The molecule has 0 aliphatic heterocycles. The molecule has 0 saturated heterocycles. The molecule has 0 aliphatic rings. The number of carbonyl (C=O) groups is 2. The Morgan fingerprint density at radius 3 is 2.68 bits per heavy atom. The summed E-state index contributed by atoms with van der Waals surface area (Å²) in [6, 6.07) is 8.39. The van der Waals surface area contributed by atoms with E-state index in [1.165, 1.54) is 14.2 Å². The van der Waals surface area contributed by atoms with Gasteiger partial charge in [0.1, 0.15) is 22.8 Å². The van der Waals surface area contributed by atoms with Crippen LogP contribution in [-0.4, -0.2) is 26.1 Å². The minimum Gasteiger partial charge on any atom is -0.497 e. The van der Waals surface area contributed by atoms with E-state index in [0.29, 0.717) is 28.4 Å². The highest BCUT2D eigenvalue weighted by Gasteiger charge is 2.16. The van der Waals surface area contributed by atoms with E-state index in [1.54, 1.807) is 37.3 Å². The van der Waals surface area contributed by atoms with Gasteiger partial charge in [-0.3, -0.25) is 4.79 Å². The van der Waals surface area contributed by atoms with E-state index >= 15 is 0 Å². The van der Waals surface area contributed by atoms with Crippen molar-refractivity contribution in [2.45, 2.75) is 13.5 Å². The van der Waals surface area contributed by atoms with Crippen molar-refractivity contribution < 1.29 is 23.5 Å². The van der Waals surface area contributed by atoms with Crippen molar-refractivity contribution in [3.05, 3.63) is 53.0 Å². The Balaban J connectivity index is 2.03. The number of hydrogen-bond donors (Lipinski definition) is 1. The van der Waals surface area contributed by atoms with Gasteiger partial charge in [0.05, 0.1) is 20.8 Å². The molecule has 1 amide bonds. The maximum atomic E-state index is 12.1. The van der Waals surface area contributed by atoms with Gasteiger partial charge in [0, 0.05) is 5.56 Å². The highest BCUT2D eigenvalue weighted by Crippen LogP contribution is 2.16. The van der Waals surface area contributed by atoms with Gasteiger partial charge in [0.15, 0.2) is 0 Å². The maximum Gasteiger partial charge on any atom is 0.341 e. The van der Waals surface area contributed by atoms with E-state index in [4.69, 9.17) is 9.15 Å². The van der Waals surface area contributed by atoms with Crippen LogP contribution in [0.1, 0.15) is 32.2 Å². The molecule has 2 aromatic rings. The molecule has 0 fully saturated rings. The van der Waals surface area contributed by atoms with E-state index in [2.05, 4.69) is 10.1 Å². The van der Waals surface area contributed by atoms with Crippen molar-refractivity contribution in [3.8, 4) is 5.75 Å². The van der Waals surface area contributed by atoms with Crippen molar-refractivity contribution in [2.24, 2.45) is 0 Å². The number of hydrogen-bond acceptors (Lipinski definition) is 5. The summed E-state index contributed by atoms with van der Waals surface area (Å²) in [4.78, 5) is 23.6. The van der Waals surface area contributed by atoms with Gasteiger partial charge in [-0.05, 0) is 31.2 Å². The standard InChI is InChI=1S/C16H17NO5/c1-10-14(16(19)21-3)8-13(22-10)9-17-15(18)11-5-4-6-12(7-11)20-2/h4-8H,9H2,1-3H3,(H,17,18). The lowest BCUT2D eigenvalue weighted by atomic mass is 10.2. The Morgan fingerprint density at radius 2 is 2.00 bits per heavy atom. The number of ether oxygens (including phenoxy) is 2. The van der Waals surface area contributed by atoms with Crippen LogP contribution in [0.3, 0.4) is 0 Å². The molecule has 116 valence electrons. The van der Waals surface area contributed by atoms with E-state index in [0.717, 1.165) is 0 Å². The molecular weight excluding hydrogens is 286 g/mol. The van der Waals surface area contributed by atoms with Crippen molar-refractivity contribution in [1.82, 2.24) is 5.32 Å². The zero-order chi connectivity index (χ0) is 16.1. The zero-order valence-corrected chi connectivity index (χ0v) is 12.6. The quantitative estimate of drug-likeness (QED) is 0.858. The molecule has 0 spiro atoms. The van der Waals surface area contributed by atoms with Gasteiger partial charge in [-0.25, -0.2) is 4.79 Å². The smallest absolute Gasteiger partial charge is 0.341 e. The number of benzene rings is 1. The fourth-order valence-electron chi connectivity index (χ4n) is 1.98. The normalized spacial score (nSPS) is 10.1. The van der Waals surface area contributed by atoms with Crippen molar-refractivity contribution in [3.63, 3.8) is 0 Å².